The Labute approximate surface area is 176 Å². The van der Waals surface area contributed by atoms with Crippen LogP contribution in [-0.4, -0.2) is 40.5 Å². The lowest BCUT2D eigenvalue weighted by Crippen LogP contribution is -2.36. The number of hydrogen-bond acceptors (Lipinski definition) is 8. The molecule has 0 atom stereocenters. The molecule has 0 unspecified atom stereocenters. The first kappa shape index (κ1) is 21.2. The minimum atomic E-state index is -0.352. The second-order valence-electron chi connectivity index (χ2n) is 6.57. The van der Waals surface area contributed by atoms with Gasteiger partial charge in [0.2, 0.25) is 5.91 Å². The van der Waals surface area contributed by atoms with E-state index in [0.717, 1.165) is 25.7 Å². The number of anilines is 2. The Kier molecular flexibility index (Phi) is 7.53. The standard InChI is InChI=1S/C18H23N5O4S2/c1-2-27-15(25)8-13-10-28-17(21-13)22-14(24)7-12-9-29-18(20-12)23-16(26)19-11-5-3-4-6-11/h9-11H,2-8H2,1H3,(H,21,22,24)(H2,19,20,23,26). The Hall–Kier alpha value is -2.53. The van der Waals surface area contributed by atoms with Gasteiger partial charge in [-0.15, -0.1) is 22.7 Å². The predicted molar refractivity (Wildman–Crippen MR) is 111 cm³/mol. The highest BCUT2D eigenvalue weighted by molar-refractivity contribution is 7.14. The smallest absolute Gasteiger partial charge is 0.321 e. The predicted octanol–water partition coefficient (Wildman–Crippen LogP) is 2.95. The topological polar surface area (TPSA) is 122 Å². The highest BCUT2D eigenvalue weighted by Gasteiger charge is 2.18. The van der Waals surface area contributed by atoms with Gasteiger partial charge in [0.1, 0.15) is 0 Å². The molecule has 1 fully saturated rings. The van der Waals surface area contributed by atoms with E-state index in [1.165, 1.54) is 22.7 Å². The molecule has 156 valence electrons. The fourth-order valence-corrected chi connectivity index (χ4v) is 4.40. The molecule has 0 bridgehead atoms. The van der Waals surface area contributed by atoms with Gasteiger partial charge in [0.15, 0.2) is 10.3 Å². The summed E-state index contributed by atoms with van der Waals surface area (Å²) in [6.45, 7) is 2.06. The largest absolute Gasteiger partial charge is 0.466 e. The van der Waals surface area contributed by atoms with Gasteiger partial charge in [0, 0.05) is 16.8 Å². The van der Waals surface area contributed by atoms with Crippen LogP contribution in [0.25, 0.3) is 0 Å². The minimum absolute atomic E-state index is 0.0647. The van der Waals surface area contributed by atoms with Gasteiger partial charge in [-0.1, -0.05) is 12.8 Å². The van der Waals surface area contributed by atoms with Crippen LogP contribution < -0.4 is 16.0 Å². The Balaban J connectivity index is 1.44. The van der Waals surface area contributed by atoms with E-state index in [9.17, 15) is 14.4 Å². The number of hydrogen-bond donors (Lipinski definition) is 3. The summed E-state index contributed by atoms with van der Waals surface area (Å²) < 4.78 is 4.88. The van der Waals surface area contributed by atoms with Gasteiger partial charge in [0.25, 0.3) is 0 Å². The summed E-state index contributed by atoms with van der Waals surface area (Å²) in [5.74, 6) is -0.621. The van der Waals surface area contributed by atoms with E-state index in [1.54, 1.807) is 17.7 Å². The van der Waals surface area contributed by atoms with Gasteiger partial charge < -0.3 is 15.4 Å². The summed E-state index contributed by atoms with van der Waals surface area (Å²) in [5.41, 5.74) is 1.11. The average molecular weight is 438 g/mol. The number of nitrogens with one attached hydrogen (secondary N) is 3. The second-order valence-corrected chi connectivity index (χ2v) is 8.29. The number of carbonyl (C=O) groups is 3. The molecule has 1 aliphatic rings. The van der Waals surface area contributed by atoms with Gasteiger partial charge in [-0.2, -0.15) is 0 Å². The van der Waals surface area contributed by atoms with Gasteiger partial charge in [0.05, 0.1) is 30.8 Å². The van der Waals surface area contributed by atoms with Crippen LogP contribution in [0.15, 0.2) is 10.8 Å². The van der Waals surface area contributed by atoms with Gasteiger partial charge in [-0.3, -0.25) is 14.9 Å². The molecule has 3 rings (SSSR count). The van der Waals surface area contributed by atoms with Crippen LogP contribution in [0.4, 0.5) is 15.1 Å². The van der Waals surface area contributed by atoms with E-state index < -0.39 is 0 Å². The molecule has 2 aromatic heterocycles. The second kappa shape index (κ2) is 10.3. The third-order valence-corrected chi connectivity index (χ3v) is 5.85. The van der Waals surface area contributed by atoms with E-state index in [0.29, 0.717) is 28.3 Å². The first-order chi connectivity index (χ1) is 14.0. The van der Waals surface area contributed by atoms with Crippen molar-refractivity contribution in [1.82, 2.24) is 15.3 Å². The fourth-order valence-electron chi connectivity index (χ4n) is 2.97. The molecule has 3 amide bonds. The number of thiazole rings is 2. The molecule has 11 heteroatoms. The Morgan fingerprint density at radius 1 is 1.03 bits per heavy atom. The monoisotopic (exact) mass is 437 g/mol. The number of aromatic nitrogens is 2. The van der Waals surface area contributed by atoms with E-state index in [-0.39, 0.29) is 36.8 Å². The van der Waals surface area contributed by atoms with E-state index in [2.05, 4.69) is 25.9 Å². The first-order valence-electron chi connectivity index (χ1n) is 9.43. The molecule has 0 radical (unpaired) electrons. The van der Waals surface area contributed by atoms with Crippen LogP contribution in [0, 0.1) is 0 Å². The Morgan fingerprint density at radius 2 is 1.66 bits per heavy atom. The lowest BCUT2D eigenvalue weighted by molar-refractivity contribution is -0.142. The van der Waals surface area contributed by atoms with Crippen molar-refractivity contribution in [3.63, 3.8) is 0 Å². The van der Waals surface area contributed by atoms with Gasteiger partial charge in [-0.05, 0) is 19.8 Å². The third kappa shape index (κ3) is 6.79. The lowest BCUT2D eigenvalue weighted by Gasteiger charge is -2.11. The van der Waals surface area contributed by atoms with Crippen LogP contribution in [0.2, 0.25) is 0 Å². The zero-order valence-corrected chi connectivity index (χ0v) is 17.7. The van der Waals surface area contributed by atoms with E-state index in [1.807, 2.05) is 0 Å². The van der Waals surface area contributed by atoms with Crippen molar-refractivity contribution in [2.75, 3.05) is 17.2 Å². The molecule has 1 aliphatic carbocycles. The molecule has 2 aromatic rings. The van der Waals surface area contributed by atoms with Crippen LogP contribution in [0.1, 0.15) is 44.0 Å². The molecular weight excluding hydrogens is 414 g/mol. The van der Waals surface area contributed by atoms with Crippen molar-refractivity contribution in [1.29, 1.82) is 0 Å². The summed E-state index contributed by atoms with van der Waals surface area (Å²) in [5, 5.41) is 12.7. The molecule has 0 aromatic carbocycles. The van der Waals surface area contributed by atoms with Crippen molar-refractivity contribution in [3.8, 4) is 0 Å². The number of nitrogens with zero attached hydrogens (tertiary/aromatic N) is 2. The minimum Gasteiger partial charge on any atom is -0.466 e. The lowest BCUT2D eigenvalue weighted by atomic mass is 10.3. The van der Waals surface area contributed by atoms with E-state index in [4.69, 9.17) is 4.74 Å². The highest BCUT2D eigenvalue weighted by Crippen LogP contribution is 2.20. The molecule has 0 saturated heterocycles. The van der Waals surface area contributed by atoms with Crippen molar-refractivity contribution < 1.29 is 19.1 Å². The van der Waals surface area contributed by atoms with Crippen molar-refractivity contribution >= 4 is 50.8 Å². The van der Waals surface area contributed by atoms with Crippen LogP contribution in [0.5, 0.6) is 0 Å². The van der Waals surface area contributed by atoms with Crippen LogP contribution >= 0.6 is 22.7 Å². The number of amides is 3. The van der Waals surface area contributed by atoms with Crippen LogP contribution in [0.3, 0.4) is 0 Å². The zero-order chi connectivity index (χ0) is 20.6. The maximum absolute atomic E-state index is 12.2. The normalized spacial score (nSPS) is 13.8. The molecule has 3 N–H and O–H groups in total. The number of ether oxygens (including phenoxy) is 1. The molecule has 0 spiro atoms. The Bertz CT molecular complexity index is 860. The molecule has 1 saturated carbocycles. The average Bonchev–Trinajstić information content (AvgIpc) is 3.39. The summed E-state index contributed by atoms with van der Waals surface area (Å²) in [7, 11) is 0. The summed E-state index contributed by atoms with van der Waals surface area (Å²) in [6, 6.07) is -0.0357. The first-order valence-corrected chi connectivity index (χ1v) is 11.2. The van der Waals surface area contributed by atoms with Crippen LogP contribution in [-0.2, 0) is 27.2 Å². The van der Waals surface area contributed by atoms with Crippen molar-refractivity contribution in [2.24, 2.45) is 0 Å². The van der Waals surface area contributed by atoms with Gasteiger partial charge >= 0.3 is 12.0 Å². The third-order valence-electron chi connectivity index (χ3n) is 4.23. The number of urea groups is 1. The van der Waals surface area contributed by atoms with Gasteiger partial charge in [-0.25, -0.2) is 14.8 Å². The SMILES string of the molecule is CCOC(=O)Cc1csc(NC(=O)Cc2csc(NC(=O)NC3CCCC3)n2)n1. The fraction of sp³-hybridized carbons (Fsp3) is 0.500. The highest BCUT2D eigenvalue weighted by atomic mass is 32.1. The summed E-state index contributed by atoms with van der Waals surface area (Å²) in [4.78, 5) is 44.2. The molecule has 9 nitrogen and oxygen atoms in total. The quantitative estimate of drug-likeness (QED) is 0.546. The summed E-state index contributed by atoms with van der Waals surface area (Å²) >= 11 is 2.52. The maximum atomic E-state index is 12.2. The zero-order valence-electron chi connectivity index (χ0n) is 16.0. The Morgan fingerprint density at radius 3 is 2.31 bits per heavy atom. The van der Waals surface area contributed by atoms with Crippen molar-refractivity contribution in [2.45, 2.75) is 51.5 Å². The number of rotatable bonds is 8. The summed E-state index contributed by atoms with van der Waals surface area (Å²) in [6.07, 6.45) is 4.44. The number of esters is 1. The molecular formula is C18H23N5O4S2. The number of carbonyl (C=O) groups excluding carboxylic acids is 3. The molecule has 0 aliphatic heterocycles. The molecule has 29 heavy (non-hydrogen) atoms. The maximum Gasteiger partial charge on any atom is 0.321 e. The molecule has 2 heterocycles. The van der Waals surface area contributed by atoms with Crippen molar-refractivity contribution in [3.05, 3.63) is 22.1 Å². The van der Waals surface area contributed by atoms with E-state index >= 15 is 0 Å².